The number of anilines is 3. The Labute approximate surface area is 186 Å². The van der Waals surface area contributed by atoms with Crippen molar-refractivity contribution < 1.29 is 9.53 Å². The maximum absolute atomic E-state index is 12.1. The number of aryl methyl sites for hydroxylation is 1. The van der Waals surface area contributed by atoms with Gasteiger partial charge in [-0.15, -0.1) is 11.3 Å². The molecule has 2 fully saturated rings. The van der Waals surface area contributed by atoms with Crippen LogP contribution in [0.4, 0.5) is 16.9 Å². The maximum atomic E-state index is 12.1. The fourth-order valence-electron chi connectivity index (χ4n) is 3.74. The van der Waals surface area contributed by atoms with Crippen molar-refractivity contribution in [2.75, 3.05) is 50.0 Å². The lowest BCUT2D eigenvalue weighted by atomic mass is 10.2. The predicted octanol–water partition coefficient (Wildman–Crippen LogP) is 2.41. The zero-order chi connectivity index (χ0) is 21.6. The molecule has 0 aromatic carbocycles. The highest BCUT2D eigenvalue weighted by Gasteiger charge is 2.25. The Balaban J connectivity index is 1.49. The predicted molar refractivity (Wildman–Crippen MR) is 122 cm³/mol. The van der Waals surface area contributed by atoms with E-state index < -0.39 is 0 Å². The van der Waals surface area contributed by atoms with Crippen molar-refractivity contribution in [2.45, 2.75) is 32.9 Å². The van der Waals surface area contributed by atoms with Crippen molar-refractivity contribution in [1.29, 1.82) is 0 Å². The summed E-state index contributed by atoms with van der Waals surface area (Å²) in [7, 11) is 0. The third-order valence-corrected chi connectivity index (χ3v) is 6.10. The normalized spacial score (nSPS) is 19.8. The summed E-state index contributed by atoms with van der Waals surface area (Å²) in [6.45, 7) is 9.32. The van der Waals surface area contributed by atoms with E-state index in [1.54, 1.807) is 23.5 Å². The molecule has 1 atom stereocenters. The Bertz CT molecular complexity index is 926. The van der Waals surface area contributed by atoms with Gasteiger partial charge in [-0.25, -0.2) is 9.97 Å². The summed E-state index contributed by atoms with van der Waals surface area (Å²) in [5.74, 6) is 1.35. The number of hydrogen-bond donors (Lipinski definition) is 2. The molecule has 2 saturated heterocycles. The van der Waals surface area contributed by atoms with Gasteiger partial charge in [-0.3, -0.25) is 15.0 Å². The summed E-state index contributed by atoms with van der Waals surface area (Å²) in [6.07, 6.45) is 6.12. The van der Waals surface area contributed by atoms with E-state index in [0.29, 0.717) is 12.5 Å². The van der Waals surface area contributed by atoms with Crippen LogP contribution in [0.25, 0.3) is 0 Å². The largest absolute Gasteiger partial charge is 0.379 e. The molecule has 166 valence electrons. The molecular weight excluding hydrogens is 414 g/mol. The van der Waals surface area contributed by atoms with Crippen LogP contribution in [0, 0.1) is 6.92 Å². The van der Waals surface area contributed by atoms with Crippen molar-refractivity contribution >= 4 is 34.1 Å². The van der Waals surface area contributed by atoms with Crippen LogP contribution in [-0.4, -0.2) is 76.1 Å². The molecule has 0 spiro atoms. The molecule has 4 heterocycles. The second kappa shape index (κ2) is 10.2. The van der Waals surface area contributed by atoms with Gasteiger partial charge in [-0.05, 0) is 26.3 Å². The van der Waals surface area contributed by atoms with Crippen LogP contribution in [0.3, 0.4) is 0 Å². The molecule has 2 aromatic rings. The number of thiazole rings is 1. The van der Waals surface area contributed by atoms with Gasteiger partial charge in [0.1, 0.15) is 5.82 Å². The molecular formula is C21H29N7O2S. The van der Waals surface area contributed by atoms with Crippen molar-refractivity contribution in [3.05, 3.63) is 35.0 Å². The molecule has 2 aliphatic rings. The van der Waals surface area contributed by atoms with Crippen LogP contribution in [0.2, 0.25) is 0 Å². The Morgan fingerprint density at radius 2 is 2.16 bits per heavy atom. The average Bonchev–Trinajstić information content (AvgIpc) is 3.38. The molecule has 1 amide bonds. The van der Waals surface area contributed by atoms with Crippen LogP contribution in [0.1, 0.15) is 23.9 Å². The van der Waals surface area contributed by atoms with Gasteiger partial charge in [0.05, 0.1) is 18.9 Å². The van der Waals surface area contributed by atoms with Gasteiger partial charge in [0.15, 0.2) is 5.13 Å². The highest BCUT2D eigenvalue weighted by atomic mass is 32.1. The summed E-state index contributed by atoms with van der Waals surface area (Å²) >= 11 is 1.57. The molecule has 0 radical (unpaired) electrons. The number of amides is 1. The number of nitrogens with zero attached hydrogens (tertiary/aromatic N) is 5. The minimum absolute atomic E-state index is 0.0592. The molecule has 2 N–H and O–H groups in total. The van der Waals surface area contributed by atoms with E-state index >= 15 is 0 Å². The number of rotatable bonds is 7. The van der Waals surface area contributed by atoms with Crippen molar-refractivity contribution in [2.24, 2.45) is 0 Å². The number of carbonyl (C=O) groups excluding carboxylic acids is 1. The van der Waals surface area contributed by atoms with E-state index in [4.69, 9.17) is 9.72 Å². The standard InChI is InChI=1S/C21H29N7O2S/c1-3-4-19(29)28-6-5-16(14-28)23-18-11-17(13-27-7-9-30-10-8-27)24-20(25-18)26-21-22-12-15(2)31-21/h3-4,11-12,16H,5-10,13-14H2,1-2H3,(H2,22,23,24,25,26). The second-order valence-corrected chi connectivity index (χ2v) is 9.01. The number of hydrogen-bond acceptors (Lipinski definition) is 9. The van der Waals surface area contributed by atoms with Crippen molar-refractivity contribution in [3.8, 4) is 0 Å². The zero-order valence-corrected chi connectivity index (χ0v) is 18.8. The first-order chi connectivity index (χ1) is 15.1. The van der Waals surface area contributed by atoms with Gasteiger partial charge >= 0.3 is 0 Å². The van der Waals surface area contributed by atoms with Gasteiger partial charge in [0.25, 0.3) is 0 Å². The number of morpholine rings is 1. The van der Waals surface area contributed by atoms with Gasteiger partial charge in [-0.1, -0.05) is 6.08 Å². The van der Waals surface area contributed by atoms with Gasteiger partial charge in [-0.2, -0.15) is 4.98 Å². The van der Waals surface area contributed by atoms with Crippen molar-refractivity contribution in [3.63, 3.8) is 0 Å². The third kappa shape index (κ3) is 5.99. The van der Waals surface area contributed by atoms with Crippen LogP contribution in [0.15, 0.2) is 24.4 Å². The van der Waals surface area contributed by atoms with E-state index in [-0.39, 0.29) is 11.9 Å². The Morgan fingerprint density at radius 3 is 2.90 bits per heavy atom. The fourth-order valence-corrected chi connectivity index (χ4v) is 4.40. The van der Waals surface area contributed by atoms with Crippen LogP contribution in [-0.2, 0) is 16.1 Å². The Hall–Kier alpha value is -2.56. The molecule has 1 unspecified atom stereocenters. The zero-order valence-electron chi connectivity index (χ0n) is 18.0. The number of ether oxygens (including phenoxy) is 1. The van der Waals surface area contributed by atoms with E-state index in [9.17, 15) is 4.79 Å². The summed E-state index contributed by atoms with van der Waals surface area (Å²) < 4.78 is 5.46. The number of likely N-dealkylation sites (tertiary alicyclic amines) is 1. The highest BCUT2D eigenvalue weighted by Crippen LogP contribution is 2.23. The number of nitrogens with one attached hydrogen (secondary N) is 2. The molecule has 9 nitrogen and oxygen atoms in total. The minimum Gasteiger partial charge on any atom is -0.379 e. The monoisotopic (exact) mass is 443 g/mol. The summed E-state index contributed by atoms with van der Waals surface area (Å²) in [4.78, 5) is 31.2. The SMILES string of the molecule is CC=CC(=O)N1CCC(Nc2cc(CN3CCOCC3)nc(Nc3ncc(C)s3)n2)C1. The van der Waals surface area contributed by atoms with Crippen LogP contribution in [0.5, 0.6) is 0 Å². The molecule has 0 bridgehead atoms. The molecule has 2 aromatic heterocycles. The molecule has 0 saturated carbocycles. The highest BCUT2D eigenvalue weighted by molar-refractivity contribution is 7.15. The smallest absolute Gasteiger partial charge is 0.246 e. The van der Waals surface area contributed by atoms with Crippen LogP contribution < -0.4 is 10.6 Å². The average molecular weight is 444 g/mol. The van der Waals surface area contributed by atoms with Gasteiger partial charge in [0, 0.05) is 55.9 Å². The van der Waals surface area contributed by atoms with Crippen molar-refractivity contribution in [1.82, 2.24) is 24.8 Å². The molecule has 10 heteroatoms. The minimum atomic E-state index is 0.0592. The molecule has 2 aliphatic heterocycles. The first-order valence-electron chi connectivity index (χ1n) is 10.6. The second-order valence-electron chi connectivity index (χ2n) is 7.77. The van der Waals surface area contributed by atoms with Gasteiger partial charge < -0.3 is 15.0 Å². The quantitative estimate of drug-likeness (QED) is 0.630. The van der Waals surface area contributed by atoms with Gasteiger partial charge in [0.2, 0.25) is 11.9 Å². The number of carbonyl (C=O) groups is 1. The number of allylic oxidation sites excluding steroid dienone is 1. The lowest BCUT2D eigenvalue weighted by Crippen LogP contribution is -2.36. The summed E-state index contributed by atoms with van der Waals surface area (Å²) in [6, 6.07) is 2.17. The van der Waals surface area contributed by atoms with E-state index in [1.165, 1.54) is 0 Å². The topological polar surface area (TPSA) is 95.5 Å². The van der Waals surface area contributed by atoms with Crippen LogP contribution >= 0.6 is 11.3 Å². The Kier molecular flexibility index (Phi) is 7.10. The first kappa shape index (κ1) is 21.7. The Morgan fingerprint density at radius 1 is 1.32 bits per heavy atom. The third-order valence-electron chi connectivity index (χ3n) is 5.27. The first-order valence-corrected chi connectivity index (χ1v) is 11.5. The maximum Gasteiger partial charge on any atom is 0.246 e. The lowest BCUT2D eigenvalue weighted by Gasteiger charge is -2.26. The van der Waals surface area contributed by atoms with E-state index in [0.717, 1.165) is 67.3 Å². The lowest BCUT2D eigenvalue weighted by molar-refractivity contribution is -0.125. The molecule has 4 rings (SSSR count). The molecule has 31 heavy (non-hydrogen) atoms. The summed E-state index contributed by atoms with van der Waals surface area (Å²) in [5, 5.41) is 7.52. The fraction of sp³-hybridized carbons (Fsp3) is 0.524. The number of aromatic nitrogens is 3. The van der Waals surface area contributed by atoms with E-state index in [1.807, 2.05) is 31.0 Å². The molecule has 0 aliphatic carbocycles. The summed E-state index contributed by atoms with van der Waals surface area (Å²) in [5.41, 5.74) is 0.940. The van der Waals surface area contributed by atoms with E-state index in [2.05, 4.69) is 25.5 Å².